The average molecular weight is 190 g/mol. The minimum Gasteiger partial charge on any atom is -0.274 e. The lowest BCUT2D eigenvalue weighted by atomic mass is 10.1. The first kappa shape index (κ1) is 8.87. The Labute approximate surface area is 81.6 Å². The summed E-state index contributed by atoms with van der Waals surface area (Å²) in [5, 5.41) is 0. The zero-order valence-corrected chi connectivity index (χ0v) is 7.64. The third-order valence-corrected chi connectivity index (χ3v) is 2.18. The van der Waals surface area contributed by atoms with Crippen LogP contribution in [0.2, 0.25) is 0 Å². The standard InChI is InChI=1S/C10H10N2O2/c13-9-4-1-5-10(14)12(9)8-3-2-6-11-7-8/h2-3,6-7H,1,4-5H2. The lowest BCUT2D eigenvalue weighted by Gasteiger charge is -2.24. The molecule has 0 aromatic carbocycles. The minimum atomic E-state index is -0.130. The smallest absolute Gasteiger partial charge is 0.233 e. The van der Waals surface area contributed by atoms with Crippen molar-refractivity contribution in [1.82, 2.24) is 4.98 Å². The molecule has 1 aromatic heterocycles. The molecule has 0 radical (unpaired) electrons. The zero-order valence-electron chi connectivity index (χ0n) is 7.64. The Kier molecular flexibility index (Phi) is 2.26. The molecule has 0 bridgehead atoms. The van der Waals surface area contributed by atoms with Gasteiger partial charge in [-0.3, -0.25) is 14.6 Å². The first-order valence-electron chi connectivity index (χ1n) is 4.55. The first-order chi connectivity index (χ1) is 6.79. The molecule has 0 N–H and O–H groups in total. The number of carbonyl (C=O) groups excluding carboxylic acids is 2. The number of pyridine rings is 1. The van der Waals surface area contributed by atoms with E-state index in [9.17, 15) is 9.59 Å². The van der Waals surface area contributed by atoms with E-state index in [4.69, 9.17) is 0 Å². The van der Waals surface area contributed by atoms with Crippen LogP contribution < -0.4 is 4.90 Å². The van der Waals surface area contributed by atoms with Gasteiger partial charge in [-0.25, -0.2) is 4.90 Å². The first-order valence-corrected chi connectivity index (χ1v) is 4.55. The summed E-state index contributed by atoms with van der Waals surface area (Å²) in [6.07, 6.45) is 4.69. The van der Waals surface area contributed by atoms with Crippen molar-refractivity contribution in [2.45, 2.75) is 19.3 Å². The summed E-state index contributed by atoms with van der Waals surface area (Å²) in [7, 11) is 0. The number of carbonyl (C=O) groups is 2. The molecule has 1 fully saturated rings. The van der Waals surface area contributed by atoms with Crippen molar-refractivity contribution in [1.29, 1.82) is 0 Å². The van der Waals surface area contributed by atoms with Gasteiger partial charge in [-0.05, 0) is 18.6 Å². The number of aromatic nitrogens is 1. The highest BCUT2D eigenvalue weighted by atomic mass is 16.2. The number of anilines is 1. The van der Waals surface area contributed by atoms with Crippen LogP contribution in [0.25, 0.3) is 0 Å². The fraction of sp³-hybridized carbons (Fsp3) is 0.300. The van der Waals surface area contributed by atoms with Gasteiger partial charge in [-0.2, -0.15) is 0 Å². The van der Waals surface area contributed by atoms with Crippen LogP contribution in [0.1, 0.15) is 19.3 Å². The fourth-order valence-electron chi connectivity index (χ4n) is 1.53. The summed E-state index contributed by atoms with van der Waals surface area (Å²) in [4.78, 5) is 28.1. The van der Waals surface area contributed by atoms with Gasteiger partial charge in [0.25, 0.3) is 0 Å². The number of hydrogen-bond donors (Lipinski definition) is 0. The monoisotopic (exact) mass is 190 g/mol. The van der Waals surface area contributed by atoms with Gasteiger partial charge in [0.05, 0.1) is 11.9 Å². The Hall–Kier alpha value is -1.71. The molecule has 1 aromatic rings. The minimum absolute atomic E-state index is 0.130. The normalized spacial score (nSPS) is 17.3. The predicted molar refractivity (Wildman–Crippen MR) is 50.6 cm³/mol. The highest BCUT2D eigenvalue weighted by Gasteiger charge is 2.27. The summed E-state index contributed by atoms with van der Waals surface area (Å²) in [6, 6.07) is 3.43. The lowest BCUT2D eigenvalue weighted by molar-refractivity contribution is -0.129. The van der Waals surface area contributed by atoms with E-state index in [0.717, 1.165) is 0 Å². The van der Waals surface area contributed by atoms with Crippen LogP contribution in [0.15, 0.2) is 24.5 Å². The fourth-order valence-corrected chi connectivity index (χ4v) is 1.53. The Balaban J connectivity index is 2.32. The maximum Gasteiger partial charge on any atom is 0.233 e. The van der Waals surface area contributed by atoms with Gasteiger partial charge in [0.15, 0.2) is 0 Å². The Morgan fingerprint density at radius 2 is 1.93 bits per heavy atom. The van der Waals surface area contributed by atoms with Crippen LogP contribution >= 0.6 is 0 Å². The lowest BCUT2D eigenvalue weighted by Crippen LogP contribution is -2.40. The molecule has 0 atom stereocenters. The van der Waals surface area contributed by atoms with Crippen molar-refractivity contribution in [3.8, 4) is 0 Å². The van der Waals surface area contributed by atoms with Crippen LogP contribution in [0.3, 0.4) is 0 Å². The number of hydrogen-bond acceptors (Lipinski definition) is 3. The van der Waals surface area contributed by atoms with Gasteiger partial charge in [-0.15, -0.1) is 0 Å². The van der Waals surface area contributed by atoms with Gasteiger partial charge >= 0.3 is 0 Å². The zero-order chi connectivity index (χ0) is 9.97. The number of nitrogens with zero attached hydrogens (tertiary/aromatic N) is 2. The molecule has 0 spiro atoms. The maximum atomic E-state index is 11.5. The maximum absolute atomic E-state index is 11.5. The molecule has 2 rings (SSSR count). The molecular weight excluding hydrogens is 180 g/mol. The number of imide groups is 1. The van der Waals surface area contributed by atoms with Crippen LogP contribution in [0.5, 0.6) is 0 Å². The van der Waals surface area contributed by atoms with E-state index in [0.29, 0.717) is 24.9 Å². The van der Waals surface area contributed by atoms with Crippen molar-refractivity contribution in [3.05, 3.63) is 24.5 Å². The van der Waals surface area contributed by atoms with Gasteiger partial charge in [0.2, 0.25) is 11.8 Å². The summed E-state index contributed by atoms with van der Waals surface area (Å²) in [5.41, 5.74) is 0.571. The second kappa shape index (κ2) is 3.57. The highest BCUT2D eigenvalue weighted by Crippen LogP contribution is 2.20. The second-order valence-corrected chi connectivity index (χ2v) is 3.19. The van der Waals surface area contributed by atoms with Crippen LogP contribution in [0, 0.1) is 0 Å². The van der Waals surface area contributed by atoms with E-state index < -0.39 is 0 Å². The number of amides is 2. The molecule has 0 unspecified atom stereocenters. The van der Waals surface area contributed by atoms with E-state index in [2.05, 4.69) is 4.98 Å². The van der Waals surface area contributed by atoms with Gasteiger partial charge < -0.3 is 0 Å². The predicted octanol–water partition coefficient (Wildman–Crippen LogP) is 1.13. The van der Waals surface area contributed by atoms with E-state index in [-0.39, 0.29) is 11.8 Å². The molecule has 4 heteroatoms. The quantitative estimate of drug-likeness (QED) is 0.623. The van der Waals surface area contributed by atoms with Crippen LogP contribution in [-0.2, 0) is 9.59 Å². The molecule has 0 aliphatic carbocycles. The third kappa shape index (κ3) is 1.51. The summed E-state index contributed by atoms with van der Waals surface area (Å²) in [6.45, 7) is 0. The topological polar surface area (TPSA) is 50.3 Å². The van der Waals surface area contributed by atoms with E-state index >= 15 is 0 Å². The largest absolute Gasteiger partial charge is 0.274 e. The van der Waals surface area contributed by atoms with Crippen molar-refractivity contribution in [2.24, 2.45) is 0 Å². The summed E-state index contributed by atoms with van der Waals surface area (Å²) >= 11 is 0. The number of piperidine rings is 1. The molecule has 72 valence electrons. The van der Waals surface area contributed by atoms with Crippen molar-refractivity contribution in [2.75, 3.05) is 4.90 Å². The van der Waals surface area contributed by atoms with Gasteiger partial charge in [0.1, 0.15) is 0 Å². The van der Waals surface area contributed by atoms with Crippen LogP contribution in [-0.4, -0.2) is 16.8 Å². The molecule has 1 saturated heterocycles. The molecule has 0 saturated carbocycles. The van der Waals surface area contributed by atoms with E-state index in [1.165, 1.54) is 11.1 Å². The Bertz CT molecular complexity index is 346. The van der Waals surface area contributed by atoms with Gasteiger partial charge in [0, 0.05) is 19.0 Å². The highest BCUT2D eigenvalue weighted by molar-refractivity contribution is 6.16. The Morgan fingerprint density at radius 3 is 2.50 bits per heavy atom. The van der Waals surface area contributed by atoms with E-state index in [1.807, 2.05) is 0 Å². The van der Waals surface area contributed by atoms with Crippen LogP contribution in [0.4, 0.5) is 5.69 Å². The molecule has 2 amide bonds. The molecule has 4 nitrogen and oxygen atoms in total. The van der Waals surface area contributed by atoms with Crippen molar-refractivity contribution < 1.29 is 9.59 Å². The molecule has 1 aliphatic heterocycles. The summed E-state index contributed by atoms with van der Waals surface area (Å²) in [5.74, 6) is -0.261. The molecule has 1 aliphatic rings. The average Bonchev–Trinajstić information content (AvgIpc) is 2.19. The third-order valence-electron chi connectivity index (χ3n) is 2.18. The van der Waals surface area contributed by atoms with E-state index in [1.54, 1.807) is 18.3 Å². The Morgan fingerprint density at radius 1 is 1.21 bits per heavy atom. The van der Waals surface area contributed by atoms with Gasteiger partial charge in [-0.1, -0.05) is 0 Å². The molecule has 14 heavy (non-hydrogen) atoms. The number of rotatable bonds is 1. The van der Waals surface area contributed by atoms with Crippen molar-refractivity contribution in [3.63, 3.8) is 0 Å². The SMILES string of the molecule is O=C1CCCC(=O)N1c1cccnc1. The molecular formula is C10H10N2O2. The second-order valence-electron chi connectivity index (χ2n) is 3.19. The molecule has 2 heterocycles. The van der Waals surface area contributed by atoms with Crippen molar-refractivity contribution >= 4 is 17.5 Å². The summed E-state index contributed by atoms with van der Waals surface area (Å²) < 4.78 is 0.